The third-order valence-corrected chi connectivity index (χ3v) is 4.68. The van der Waals surface area contributed by atoms with E-state index in [0.29, 0.717) is 16.8 Å². The molecule has 0 atom stereocenters. The normalized spacial score (nSPS) is 10.6. The third-order valence-electron chi connectivity index (χ3n) is 4.68. The fraction of sp³-hybridized carbons (Fsp3) is 0.167. The van der Waals surface area contributed by atoms with Gasteiger partial charge in [-0.05, 0) is 54.4 Å². The number of rotatable bonds is 7. The Balaban J connectivity index is 1.69. The summed E-state index contributed by atoms with van der Waals surface area (Å²) in [7, 11) is 1.65. The molecule has 0 aromatic heterocycles. The number of aryl methyl sites for hydroxylation is 1. The lowest BCUT2D eigenvalue weighted by atomic mass is 10.1. The van der Waals surface area contributed by atoms with Crippen LogP contribution < -0.4 is 10.1 Å². The van der Waals surface area contributed by atoms with Crippen LogP contribution in [0.25, 0.3) is 0 Å². The Morgan fingerprint density at radius 2 is 1.65 bits per heavy atom. The van der Waals surface area contributed by atoms with Gasteiger partial charge in [0.25, 0.3) is 11.8 Å². The molecule has 0 unspecified atom stereocenters. The molecule has 0 aliphatic rings. The van der Waals surface area contributed by atoms with E-state index in [4.69, 9.17) is 0 Å². The molecule has 1 N–H and O–H groups in total. The molecule has 0 saturated carbocycles. The van der Waals surface area contributed by atoms with E-state index >= 15 is 0 Å². The van der Waals surface area contributed by atoms with Crippen LogP contribution in [0.2, 0.25) is 0 Å². The molecule has 2 amide bonds. The monoisotopic (exact) mass is 424 g/mol. The van der Waals surface area contributed by atoms with Crippen LogP contribution in [0.1, 0.15) is 31.8 Å². The van der Waals surface area contributed by atoms with E-state index in [-0.39, 0.29) is 24.1 Å². The molecule has 160 valence electrons. The first-order valence-electron chi connectivity index (χ1n) is 9.60. The molecule has 0 saturated heterocycles. The minimum atomic E-state index is -2.88. The number of halogens is 2. The largest absolute Gasteiger partial charge is 0.435 e. The number of nitrogens with one attached hydrogen (secondary N) is 1. The molecule has 0 heterocycles. The van der Waals surface area contributed by atoms with E-state index in [0.717, 1.165) is 11.1 Å². The van der Waals surface area contributed by atoms with Crippen LogP contribution in [0.5, 0.6) is 5.75 Å². The van der Waals surface area contributed by atoms with Gasteiger partial charge in [0.1, 0.15) is 5.75 Å². The van der Waals surface area contributed by atoms with Gasteiger partial charge in [-0.25, -0.2) is 0 Å². The van der Waals surface area contributed by atoms with Crippen molar-refractivity contribution in [2.75, 3.05) is 12.4 Å². The van der Waals surface area contributed by atoms with Gasteiger partial charge in [0.2, 0.25) is 0 Å². The molecule has 0 bridgehead atoms. The van der Waals surface area contributed by atoms with Crippen molar-refractivity contribution in [3.05, 3.63) is 95.1 Å². The average molecular weight is 424 g/mol. The van der Waals surface area contributed by atoms with Gasteiger partial charge in [0.05, 0.1) is 0 Å². The molecule has 0 spiro atoms. The van der Waals surface area contributed by atoms with Gasteiger partial charge < -0.3 is 15.0 Å². The smallest absolute Gasteiger partial charge is 0.387 e. The Morgan fingerprint density at radius 3 is 2.29 bits per heavy atom. The second-order valence-electron chi connectivity index (χ2n) is 7.03. The predicted molar refractivity (Wildman–Crippen MR) is 114 cm³/mol. The molecule has 5 nitrogen and oxygen atoms in total. The van der Waals surface area contributed by atoms with Gasteiger partial charge in [-0.15, -0.1) is 0 Å². The highest BCUT2D eigenvalue weighted by Gasteiger charge is 2.15. The van der Waals surface area contributed by atoms with Gasteiger partial charge in [0, 0.05) is 30.4 Å². The summed E-state index contributed by atoms with van der Waals surface area (Å²) in [5, 5.41) is 2.85. The van der Waals surface area contributed by atoms with Crippen LogP contribution in [0.15, 0.2) is 72.8 Å². The maximum atomic E-state index is 12.9. The van der Waals surface area contributed by atoms with E-state index in [2.05, 4.69) is 10.1 Å². The molecule has 3 aromatic rings. The number of nitrogens with zero attached hydrogens (tertiary/aromatic N) is 1. The van der Waals surface area contributed by atoms with E-state index < -0.39 is 6.61 Å². The quantitative estimate of drug-likeness (QED) is 0.573. The number of alkyl halides is 2. The summed E-state index contributed by atoms with van der Waals surface area (Å²) in [6, 6.07) is 20.1. The summed E-state index contributed by atoms with van der Waals surface area (Å²) < 4.78 is 28.9. The third kappa shape index (κ3) is 5.88. The Bertz CT molecular complexity index is 1050. The molecule has 0 aliphatic heterocycles. The number of carbonyl (C=O) groups is 2. The lowest BCUT2D eigenvalue weighted by molar-refractivity contribution is -0.0498. The number of amides is 2. The molecule has 0 radical (unpaired) electrons. The fourth-order valence-electron chi connectivity index (χ4n) is 3.02. The zero-order chi connectivity index (χ0) is 22.4. The second kappa shape index (κ2) is 9.84. The van der Waals surface area contributed by atoms with Crippen molar-refractivity contribution in [2.45, 2.75) is 20.1 Å². The minimum absolute atomic E-state index is 0.0602. The summed E-state index contributed by atoms with van der Waals surface area (Å²) in [5.41, 5.74) is 3.10. The van der Waals surface area contributed by atoms with Gasteiger partial charge >= 0.3 is 6.61 Å². The van der Waals surface area contributed by atoms with Crippen molar-refractivity contribution >= 4 is 17.5 Å². The zero-order valence-corrected chi connectivity index (χ0v) is 17.1. The summed E-state index contributed by atoms with van der Waals surface area (Å²) in [6.45, 7) is -0.747. The van der Waals surface area contributed by atoms with Crippen molar-refractivity contribution in [1.29, 1.82) is 0 Å². The van der Waals surface area contributed by atoms with E-state index in [1.807, 2.05) is 13.0 Å². The Hall–Kier alpha value is -3.74. The Labute approximate surface area is 179 Å². The summed E-state index contributed by atoms with van der Waals surface area (Å²) in [4.78, 5) is 26.8. The van der Waals surface area contributed by atoms with Crippen molar-refractivity contribution < 1.29 is 23.1 Å². The van der Waals surface area contributed by atoms with Crippen LogP contribution in [-0.4, -0.2) is 30.4 Å². The van der Waals surface area contributed by atoms with Gasteiger partial charge in [0.15, 0.2) is 0 Å². The van der Waals surface area contributed by atoms with E-state index in [9.17, 15) is 18.4 Å². The number of anilines is 1. The second-order valence-corrected chi connectivity index (χ2v) is 7.03. The molecule has 7 heteroatoms. The van der Waals surface area contributed by atoms with Crippen molar-refractivity contribution in [3.8, 4) is 5.75 Å². The van der Waals surface area contributed by atoms with Gasteiger partial charge in [-0.1, -0.05) is 36.4 Å². The van der Waals surface area contributed by atoms with Gasteiger partial charge in [-0.2, -0.15) is 8.78 Å². The number of hydrogen-bond acceptors (Lipinski definition) is 3. The molecule has 3 rings (SSSR count). The lowest BCUT2D eigenvalue weighted by Crippen LogP contribution is -2.26. The highest BCUT2D eigenvalue weighted by Crippen LogP contribution is 2.20. The molecular formula is C24H22F2N2O3. The number of carbonyl (C=O) groups excluding carboxylic acids is 2. The lowest BCUT2D eigenvalue weighted by Gasteiger charge is -2.19. The first-order valence-corrected chi connectivity index (χ1v) is 9.60. The first-order chi connectivity index (χ1) is 14.8. The van der Waals surface area contributed by atoms with Crippen LogP contribution in [-0.2, 0) is 6.54 Å². The maximum Gasteiger partial charge on any atom is 0.387 e. The first kappa shape index (κ1) is 22.0. The van der Waals surface area contributed by atoms with E-state index in [1.54, 1.807) is 61.6 Å². The zero-order valence-electron chi connectivity index (χ0n) is 17.1. The topological polar surface area (TPSA) is 58.6 Å². The summed E-state index contributed by atoms with van der Waals surface area (Å²) in [5.74, 6) is -0.430. The Morgan fingerprint density at radius 1 is 0.968 bits per heavy atom. The van der Waals surface area contributed by atoms with Crippen molar-refractivity contribution in [1.82, 2.24) is 4.90 Å². The molecule has 31 heavy (non-hydrogen) atoms. The maximum absolute atomic E-state index is 12.9. The van der Waals surface area contributed by atoms with Crippen LogP contribution >= 0.6 is 0 Å². The van der Waals surface area contributed by atoms with Crippen LogP contribution in [0, 0.1) is 6.92 Å². The highest BCUT2D eigenvalue weighted by atomic mass is 19.3. The number of ether oxygens (including phenoxy) is 1. The van der Waals surface area contributed by atoms with E-state index in [1.165, 1.54) is 17.0 Å². The van der Waals surface area contributed by atoms with Gasteiger partial charge in [-0.3, -0.25) is 9.59 Å². The standard InChI is InChI=1S/C24H22F2N2O3/c1-16-8-11-19(14-21(16)27-22(29)18-6-4-3-5-7-18)23(30)28(2)15-17-9-12-20(13-10-17)31-24(25)26/h3-14,24H,15H2,1-2H3,(H,27,29). The molecule has 0 fully saturated rings. The SMILES string of the molecule is Cc1ccc(C(=O)N(C)Cc2ccc(OC(F)F)cc2)cc1NC(=O)c1ccccc1. The molecule has 0 aliphatic carbocycles. The Kier molecular flexibility index (Phi) is 6.97. The molecular weight excluding hydrogens is 402 g/mol. The summed E-state index contributed by atoms with van der Waals surface area (Å²) in [6.07, 6.45) is 0. The van der Waals surface area contributed by atoms with Crippen LogP contribution in [0.3, 0.4) is 0 Å². The predicted octanol–water partition coefficient (Wildman–Crippen LogP) is 5.12. The minimum Gasteiger partial charge on any atom is -0.435 e. The van der Waals surface area contributed by atoms with Crippen molar-refractivity contribution in [2.24, 2.45) is 0 Å². The average Bonchev–Trinajstić information content (AvgIpc) is 2.76. The molecule has 3 aromatic carbocycles. The number of benzene rings is 3. The number of hydrogen-bond donors (Lipinski definition) is 1. The summed E-state index contributed by atoms with van der Waals surface area (Å²) >= 11 is 0. The highest BCUT2D eigenvalue weighted by molar-refractivity contribution is 6.05. The van der Waals surface area contributed by atoms with Crippen molar-refractivity contribution in [3.63, 3.8) is 0 Å². The van der Waals surface area contributed by atoms with Crippen LogP contribution in [0.4, 0.5) is 14.5 Å². The fourth-order valence-corrected chi connectivity index (χ4v) is 3.02.